The fraction of sp³-hybridized carbons (Fsp3) is 0.111. The van der Waals surface area contributed by atoms with Gasteiger partial charge in [-0.3, -0.25) is 0 Å². The Morgan fingerprint density at radius 3 is 2.38 bits per heavy atom. The largest absolute Gasteiger partial charge is 0.507 e. The molecule has 0 atom stereocenters. The van der Waals surface area contributed by atoms with Gasteiger partial charge in [-0.1, -0.05) is 0 Å². The van der Waals surface area contributed by atoms with E-state index in [-0.39, 0.29) is 22.8 Å². The van der Waals surface area contributed by atoms with Crippen LogP contribution >= 0.6 is 0 Å². The molecule has 1 aromatic carbocycles. The molecule has 0 aromatic heterocycles. The predicted octanol–water partition coefficient (Wildman–Crippen LogP) is 1.42. The van der Waals surface area contributed by atoms with Crippen molar-refractivity contribution in [2.24, 2.45) is 0 Å². The molecule has 0 spiro atoms. The maximum atomic E-state index is 9.29. The summed E-state index contributed by atoms with van der Waals surface area (Å²) in [4.78, 5) is 0. The summed E-state index contributed by atoms with van der Waals surface area (Å²) in [5.41, 5.74) is 0.127. The molecule has 4 heteroatoms. The van der Waals surface area contributed by atoms with Gasteiger partial charge in [0.1, 0.15) is 5.75 Å². The minimum Gasteiger partial charge on any atom is -0.507 e. The van der Waals surface area contributed by atoms with Crippen molar-refractivity contribution in [2.45, 2.75) is 0 Å². The molecule has 0 heterocycles. The van der Waals surface area contributed by atoms with E-state index < -0.39 is 0 Å². The van der Waals surface area contributed by atoms with Crippen molar-refractivity contribution in [2.75, 3.05) is 7.11 Å². The molecular weight excluding hydrogens is 172 g/mol. The van der Waals surface area contributed by atoms with Gasteiger partial charge in [-0.2, -0.15) is 0 Å². The van der Waals surface area contributed by atoms with Gasteiger partial charge in [-0.15, -0.1) is 0 Å². The Morgan fingerprint density at radius 2 is 1.77 bits per heavy atom. The van der Waals surface area contributed by atoms with E-state index >= 15 is 0 Å². The average Bonchev–Trinajstić information content (AvgIpc) is 2.12. The molecule has 0 bridgehead atoms. The van der Waals surface area contributed by atoms with Crippen LogP contribution in [0.2, 0.25) is 0 Å². The average molecular weight is 182 g/mol. The second-order valence-corrected chi connectivity index (χ2v) is 2.40. The van der Waals surface area contributed by atoms with Crippen molar-refractivity contribution >= 4 is 6.08 Å². The summed E-state index contributed by atoms with van der Waals surface area (Å²) in [7, 11) is 1.44. The van der Waals surface area contributed by atoms with Gasteiger partial charge in [0.15, 0.2) is 11.5 Å². The summed E-state index contributed by atoms with van der Waals surface area (Å²) in [5, 5.41) is 27.6. The van der Waals surface area contributed by atoms with Gasteiger partial charge in [0, 0.05) is 0 Å². The Kier molecular flexibility index (Phi) is 2.64. The SMILES string of the molecule is COC=Cc1c(O)ccc(O)c1O. The Balaban J connectivity index is 3.17. The number of phenols is 3. The van der Waals surface area contributed by atoms with E-state index in [0.717, 1.165) is 0 Å². The van der Waals surface area contributed by atoms with Gasteiger partial charge < -0.3 is 20.1 Å². The van der Waals surface area contributed by atoms with Crippen LogP contribution in [0.5, 0.6) is 17.2 Å². The fourth-order valence-electron chi connectivity index (χ4n) is 0.886. The molecule has 0 aliphatic heterocycles. The molecule has 4 nitrogen and oxygen atoms in total. The second-order valence-electron chi connectivity index (χ2n) is 2.40. The molecule has 1 rings (SSSR count). The van der Waals surface area contributed by atoms with E-state index in [1.807, 2.05) is 0 Å². The maximum Gasteiger partial charge on any atom is 0.168 e. The molecule has 0 radical (unpaired) electrons. The van der Waals surface area contributed by atoms with Crippen LogP contribution in [0.1, 0.15) is 5.56 Å². The minimum atomic E-state index is -0.367. The summed E-state index contributed by atoms with van der Waals surface area (Å²) in [6.45, 7) is 0. The Morgan fingerprint density at radius 1 is 1.15 bits per heavy atom. The van der Waals surface area contributed by atoms with E-state index in [9.17, 15) is 10.2 Å². The molecular formula is C9H10O4. The van der Waals surface area contributed by atoms with Crippen LogP contribution in [-0.2, 0) is 4.74 Å². The van der Waals surface area contributed by atoms with Gasteiger partial charge in [-0.25, -0.2) is 0 Å². The first-order valence-corrected chi connectivity index (χ1v) is 3.60. The first kappa shape index (κ1) is 9.25. The van der Waals surface area contributed by atoms with Crippen LogP contribution in [-0.4, -0.2) is 22.4 Å². The summed E-state index contributed by atoms with van der Waals surface area (Å²) < 4.78 is 4.61. The lowest BCUT2D eigenvalue weighted by molar-refractivity contribution is 0.340. The van der Waals surface area contributed by atoms with Crippen molar-refractivity contribution < 1.29 is 20.1 Å². The van der Waals surface area contributed by atoms with E-state index in [1.54, 1.807) is 0 Å². The summed E-state index contributed by atoms with van der Waals surface area (Å²) in [5.74, 6) is -0.773. The van der Waals surface area contributed by atoms with Crippen molar-refractivity contribution in [3.05, 3.63) is 24.0 Å². The van der Waals surface area contributed by atoms with Gasteiger partial charge in [0.05, 0.1) is 18.9 Å². The third-order valence-corrected chi connectivity index (χ3v) is 1.54. The third-order valence-electron chi connectivity index (χ3n) is 1.54. The third kappa shape index (κ3) is 1.84. The van der Waals surface area contributed by atoms with Gasteiger partial charge >= 0.3 is 0 Å². The lowest BCUT2D eigenvalue weighted by Crippen LogP contribution is -1.78. The Bertz CT molecular complexity index is 331. The molecule has 1 aromatic rings. The van der Waals surface area contributed by atoms with E-state index in [4.69, 9.17) is 5.11 Å². The maximum absolute atomic E-state index is 9.29. The number of phenolic OH excluding ortho intramolecular Hbond substituents is 3. The van der Waals surface area contributed by atoms with E-state index in [2.05, 4.69) is 4.74 Å². The van der Waals surface area contributed by atoms with Crippen LogP contribution in [0.25, 0.3) is 6.08 Å². The summed E-state index contributed by atoms with van der Waals surface area (Å²) >= 11 is 0. The number of rotatable bonds is 2. The van der Waals surface area contributed by atoms with Crippen LogP contribution in [0, 0.1) is 0 Å². The number of ether oxygens (including phenoxy) is 1. The lowest BCUT2D eigenvalue weighted by Gasteiger charge is -2.03. The molecule has 3 N–H and O–H groups in total. The monoisotopic (exact) mass is 182 g/mol. The van der Waals surface area contributed by atoms with Crippen molar-refractivity contribution in [1.82, 2.24) is 0 Å². The van der Waals surface area contributed by atoms with Crippen LogP contribution in [0.4, 0.5) is 0 Å². The molecule has 0 fully saturated rings. The number of hydrogen-bond donors (Lipinski definition) is 3. The van der Waals surface area contributed by atoms with Gasteiger partial charge in [-0.05, 0) is 18.2 Å². The number of aromatic hydroxyl groups is 3. The van der Waals surface area contributed by atoms with Crippen LogP contribution in [0.15, 0.2) is 18.4 Å². The highest BCUT2D eigenvalue weighted by Crippen LogP contribution is 2.35. The molecule has 0 saturated carbocycles. The second kappa shape index (κ2) is 3.71. The first-order valence-electron chi connectivity index (χ1n) is 3.60. The van der Waals surface area contributed by atoms with Crippen LogP contribution in [0.3, 0.4) is 0 Å². The number of hydrogen-bond acceptors (Lipinski definition) is 4. The Hall–Kier alpha value is -1.84. The van der Waals surface area contributed by atoms with Gasteiger partial charge in [0.25, 0.3) is 0 Å². The normalized spacial score (nSPS) is 10.5. The topological polar surface area (TPSA) is 69.9 Å². The standard InChI is InChI=1S/C9H10O4/c1-13-5-4-6-7(10)2-3-8(11)9(6)12/h2-5,10-12H,1H3. The molecule has 0 unspecified atom stereocenters. The molecule has 13 heavy (non-hydrogen) atoms. The molecule has 0 aliphatic rings. The fourth-order valence-corrected chi connectivity index (χ4v) is 0.886. The summed E-state index contributed by atoms with van der Waals surface area (Å²) in [6, 6.07) is 2.49. The smallest absolute Gasteiger partial charge is 0.168 e. The van der Waals surface area contributed by atoms with Crippen molar-refractivity contribution in [3.8, 4) is 17.2 Å². The minimum absolute atomic E-state index is 0.122. The highest BCUT2D eigenvalue weighted by atomic mass is 16.5. The van der Waals surface area contributed by atoms with Crippen LogP contribution < -0.4 is 0 Å². The van der Waals surface area contributed by atoms with Crippen molar-refractivity contribution in [1.29, 1.82) is 0 Å². The zero-order valence-corrected chi connectivity index (χ0v) is 7.06. The lowest BCUT2D eigenvalue weighted by atomic mass is 10.1. The van der Waals surface area contributed by atoms with Gasteiger partial charge in [0.2, 0.25) is 0 Å². The molecule has 0 amide bonds. The quantitative estimate of drug-likeness (QED) is 0.367. The van der Waals surface area contributed by atoms with E-state index in [0.29, 0.717) is 0 Å². The van der Waals surface area contributed by atoms with Crippen molar-refractivity contribution in [3.63, 3.8) is 0 Å². The molecule has 70 valence electrons. The molecule has 0 saturated heterocycles. The summed E-state index contributed by atoms with van der Waals surface area (Å²) in [6.07, 6.45) is 2.64. The highest BCUT2D eigenvalue weighted by Gasteiger charge is 2.08. The number of benzene rings is 1. The zero-order valence-electron chi connectivity index (χ0n) is 7.06. The predicted molar refractivity (Wildman–Crippen MR) is 47.5 cm³/mol. The Labute approximate surface area is 75.3 Å². The molecule has 0 aliphatic carbocycles. The highest BCUT2D eigenvalue weighted by molar-refractivity contribution is 5.66. The van der Waals surface area contributed by atoms with E-state index in [1.165, 1.54) is 31.6 Å². The number of methoxy groups -OCH3 is 1. The zero-order chi connectivity index (χ0) is 9.84. The first-order chi connectivity index (χ1) is 6.16.